The van der Waals surface area contributed by atoms with E-state index in [0.717, 1.165) is 0 Å². The second-order valence-electron chi connectivity index (χ2n) is 6.61. The van der Waals surface area contributed by atoms with Crippen molar-refractivity contribution >= 4 is 39.4 Å². The van der Waals surface area contributed by atoms with Gasteiger partial charge in [0.25, 0.3) is 0 Å². The van der Waals surface area contributed by atoms with Crippen LogP contribution < -0.4 is 5.32 Å². The van der Waals surface area contributed by atoms with E-state index in [1.54, 1.807) is 13.0 Å². The van der Waals surface area contributed by atoms with E-state index in [1.165, 1.54) is 41.1 Å². The third-order valence-electron chi connectivity index (χ3n) is 4.20. The summed E-state index contributed by atoms with van der Waals surface area (Å²) in [7, 11) is -3.10. The summed E-state index contributed by atoms with van der Waals surface area (Å²) in [5.74, 6) is 0.0126. The normalized spacial score (nSPS) is 19.0. The summed E-state index contributed by atoms with van der Waals surface area (Å²) in [5.41, 5.74) is -3.14. The van der Waals surface area contributed by atoms with E-state index in [-0.39, 0.29) is 34.2 Å². The quantitative estimate of drug-likeness (QED) is 0.559. The number of alkyl halides is 3. The lowest BCUT2D eigenvalue weighted by atomic mass is 10.2. The van der Waals surface area contributed by atoms with Crippen molar-refractivity contribution in [3.05, 3.63) is 47.7 Å². The number of amides is 1. The van der Waals surface area contributed by atoms with Crippen LogP contribution in [0.2, 0.25) is 0 Å². The number of aryl methyl sites for hydroxylation is 1. The van der Waals surface area contributed by atoms with Gasteiger partial charge in [-0.05, 0) is 48.9 Å². The van der Waals surface area contributed by atoms with Crippen LogP contribution in [-0.2, 0) is 14.6 Å². The van der Waals surface area contributed by atoms with Gasteiger partial charge in [0.2, 0.25) is 5.91 Å². The lowest BCUT2D eigenvalue weighted by molar-refractivity contribution is -0.111. The van der Waals surface area contributed by atoms with Gasteiger partial charge in [0.15, 0.2) is 9.84 Å². The number of nitrogens with one attached hydrogen (secondary N) is 1. The van der Waals surface area contributed by atoms with Gasteiger partial charge < -0.3 is 5.32 Å². The van der Waals surface area contributed by atoms with E-state index in [0.29, 0.717) is 23.5 Å². The molecule has 1 N–H and O–H groups in total. The summed E-state index contributed by atoms with van der Waals surface area (Å²) >= 11 is -0.205. The molecule has 1 unspecified atom stereocenters. The summed E-state index contributed by atoms with van der Waals surface area (Å²) in [6.45, 7) is 1.74. The Morgan fingerprint density at radius 1 is 1.31 bits per heavy atom. The topological polar surface area (TPSA) is 81.1 Å². The molecule has 0 spiro atoms. The summed E-state index contributed by atoms with van der Waals surface area (Å²) in [6, 6.07) is 6.95. The fourth-order valence-corrected chi connectivity index (χ4v) is 5.21. The summed E-state index contributed by atoms with van der Waals surface area (Å²) < 4.78 is 62.0. The number of nitrogens with zero attached hydrogens (tertiary/aromatic N) is 2. The number of carbonyl (C=O) groups is 1. The SMILES string of the molecule is Cc1cc(NC(=O)/C=C/c2ccc(SC(F)(F)F)cc2)n(C2CCS(=O)(=O)C2)n1. The third kappa shape index (κ3) is 6.10. The molecular formula is C18H18F3N3O3S2. The van der Waals surface area contributed by atoms with E-state index < -0.39 is 21.3 Å². The van der Waals surface area contributed by atoms with E-state index in [2.05, 4.69) is 10.4 Å². The number of hydrogen-bond acceptors (Lipinski definition) is 5. The van der Waals surface area contributed by atoms with Crippen molar-refractivity contribution in [2.45, 2.75) is 29.8 Å². The minimum atomic E-state index is -4.35. The van der Waals surface area contributed by atoms with E-state index >= 15 is 0 Å². The molecule has 156 valence electrons. The number of benzene rings is 1. The molecule has 2 heterocycles. The fraction of sp³-hybridized carbons (Fsp3) is 0.333. The Balaban J connectivity index is 1.65. The molecule has 2 aromatic rings. The highest BCUT2D eigenvalue weighted by Crippen LogP contribution is 2.36. The molecule has 3 rings (SSSR count). The Bertz CT molecular complexity index is 1030. The molecule has 1 fully saturated rings. The molecule has 6 nitrogen and oxygen atoms in total. The molecule has 0 bridgehead atoms. The highest BCUT2D eigenvalue weighted by molar-refractivity contribution is 8.00. The van der Waals surface area contributed by atoms with Gasteiger partial charge in [0.1, 0.15) is 5.82 Å². The predicted octanol–water partition coefficient (Wildman–Crippen LogP) is 3.81. The van der Waals surface area contributed by atoms with Crippen molar-refractivity contribution in [2.75, 3.05) is 16.8 Å². The van der Waals surface area contributed by atoms with Crippen molar-refractivity contribution < 1.29 is 26.4 Å². The van der Waals surface area contributed by atoms with Crippen LogP contribution in [0.15, 0.2) is 41.3 Å². The first kappa shape index (κ1) is 21.4. The predicted molar refractivity (Wildman–Crippen MR) is 105 cm³/mol. The van der Waals surface area contributed by atoms with Crippen molar-refractivity contribution in [3.8, 4) is 0 Å². The Hall–Kier alpha value is -2.27. The molecule has 1 amide bonds. The maximum absolute atomic E-state index is 12.3. The zero-order valence-corrected chi connectivity index (χ0v) is 16.9. The van der Waals surface area contributed by atoms with Crippen molar-refractivity contribution in [3.63, 3.8) is 0 Å². The number of aromatic nitrogens is 2. The largest absolute Gasteiger partial charge is 0.446 e. The number of thioether (sulfide) groups is 1. The first-order valence-corrected chi connectivity index (χ1v) is 11.3. The van der Waals surface area contributed by atoms with Crippen LogP contribution in [0, 0.1) is 6.92 Å². The van der Waals surface area contributed by atoms with Crippen molar-refractivity contribution in [1.82, 2.24) is 9.78 Å². The minimum absolute atomic E-state index is 0.0187. The van der Waals surface area contributed by atoms with Crippen LogP contribution in [-0.4, -0.2) is 41.1 Å². The first-order valence-electron chi connectivity index (χ1n) is 8.62. The molecule has 0 saturated carbocycles. The zero-order chi connectivity index (χ0) is 21.2. The fourth-order valence-electron chi connectivity index (χ4n) is 2.98. The van der Waals surface area contributed by atoms with Gasteiger partial charge in [-0.25, -0.2) is 13.1 Å². The second-order valence-corrected chi connectivity index (χ2v) is 9.98. The third-order valence-corrected chi connectivity index (χ3v) is 6.69. The lowest BCUT2D eigenvalue weighted by Crippen LogP contribution is -2.18. The molecule has 1 aliphatic rings. The molecular weight excluding hydrogens is 427 g/mol. The average Bonchev–Trinajstić information content (AvgIpc) is 3.14. The smallest absolute Gasteiger partial charge is 0.307 e. The standard InChI is InChI=1S/C18H18F3N3O3S2/c1-12-10-16(24(23-12)14-8-9-29(26,27)11-14)22-17(25)7-4-13-2-5-15(6-3-13)28-18(19,20)21/h2-7,10,14H,8-9,11H2,1H3,(H,22,25)/b7-4+. The minimum Gasteiger partial charge on any atom is -0.307 e. The van der Waals surface area contributed by atoms with Gasteiger partial charge in [0.05, 0.1) is 23.2 Å². The molecule has 11 heteroatoms. The molecule has 0 radical (unpaired) electrons. The van der Waals surface area contributed by atoms with Crippen LogP contribution in [0.25, 0.3) is 6.08 Å². The molecule has 1 aromatic carbocycles. The molecule has 1 aliphatic heterocycles. The van der Waals surface area contributed by atoms with Crippen molar-refractivity contribution in [1.29, 1.82) is 0 Å². The number of sulfone groups is 1. The highest BCUT2D eigenvalue weighted by Gasteiger charge is 2.31. The maximum Gasteiger partial charge on any atom is 0.446 e. The number of carbonyl (C=O) groups excluding carboxylic acids is 1. The Kier molecular flexibility index (Phi) is 6.08. The number of hydrogen-bond donors (Lipinski definition) is 1. The number of rotatable bonds is 5. The van der Waals surface area contributed by atoms with E-state index in [9.17, 15) is 26.4 Å². The Morgan fingerprint density at radius 3 is 2.59 bits per heavy atom. The second kappa shape index (κ2) is 8.23. The molecule has 1 saturated heterocycles. The molecule has 1 aromatic heterocycles. The van der Waals surface area contributed by atoms with Crippen molar-refractivity contribution in [2.24, 2.45) is 0 Å². The maximum atomic E-state index is 12.3. The Morgan fingerprint density at radius 2 is 2.00 bits per heavy atom. The zero-order valence-electron chi connectivity index (χ0n) is 15.3. The van der Waals surface area contributed by atoms with Gasteiger partial charge >= 0.3 is 5.51 Å². The first-order chi connectivity index (χ1) is 13.5. The van der Waals surface area contributed by atoms with E-state index in [4.69, 9.17) is 0 Å². The monoisotopic (exact) mass is 445 g/mol. The van der Waals surface area contributed by atoms with Crippen LogP contribution in [0.5, 0.6) is 0 Å². The molecule has 1 atom stereocenters. The summed E-state index contributed by atoms with van der Waals surface area (Å²) in [5, 5.41) is 6.96. The van der Waals surface area contributed by atoms with Gasteiger partial charge in [-0.3, -0.25) is 4.79 Å². The van der Waals surface area contributed by atoms with Crippen LogP contribution in [0.1, 0.15) is 23.7 Å². The van der Waals surface area contributed by atoms with Crippen LogP contribution in [0.4, 0.5) is 19.0 Å². The average molecular weight is 445 g/mol. The van der Waals surface area contributed by atoms with Crippen LogP contribution in [0.3, 0.4) is 0 Å². The highest BCUT2D eigenvalue weighted by atomic mass is 32.2. The van der Waals surface area contributed by atoms with Gasteiger partial charge in [-0.1, -0.05) is 12.1 Å². The number of halogens is 3. The molecule has 0 aliphatic carbocycles. The summed E-state index contributed by atoms with van der Waals surface area (Å²) in [6.07, 6.45) is 3.17. The summed E-state index contributed by atoms with van der Waals surface area (Å²) in [4.78, 5) is 12.3. The lowest BCUT2D eigenvalue weighted by Gasteiger charge is -2.13. The molecule has 29 heavy (non-hydrogen) atoms. The number of anilines is 1. The Labute approximate surface area is 170 Å². The van der Waals surface area contributed by atoms with Crippen LogP contribution >= 0.6 is 11.8 Å². The van der Waals surface area contributed by atoms with Gasteiger partial charge in [-0.2, -0.15) is 18.3 Å². The van der Waals surface area contributed by atoms with E-state index in [1.807, 2.05) is 0 Å². The van der Waals surface area contributed by atoms with Gasteiger partial charge in [-0.15, -0.1) is 0 Å². The van der Waals surface area contributed by atoms with Gasteiger partial charge in [0, 0.05) is 17.0 Å².